The molecule has 2 aromatic rings. The number of nitrogens with zero attached hydrogens (tertiary/aromatic N) is 1. The van der Waals surface area contributed by atoms with Crippen LogP contribution in [0.4, 0.5) is 5.69 Å². The van der Waals surface area contributed by atoms with Gasteiger partial charge in [0.2, 0.25) is 5.91 Å². The number of rotatable bonds is 9. The number of carbonyl (C=O) groups is 1. The van der Waals surface area contributed by atoms with Gasteiger partial charge in [-0.2, -0.15) is 0 Å². The summed E-state index contributed by atoms with van der Waals surface area (Å²) < 4.78 is 5.71. The number of halogens is 1. The molecule has 7 heteroatoms. The third-order valence-corrected chi connectivity index (χ3v) is 5.38. The van der Waals surface area contributed by atoms with Crippen molar-refractivity contribution in [1.82, 2.24) is 10.6 Å². The van der Waals surface area contributed by atoms with Gasteiger partial charge in [0.25, 0.3) is 0 Å². The van der Waals surface area contributed by atoms with Crippen molar-refractivity contribution in [3.8, 4) is 5.75 Å². The first-order valence-electron chi connectivity index (χ1n) is 10.9. The van der Waals surface area contributed by atoms with Crippen LogP contribution < -0.4 is 20.7 Å². The molecule has 1 amide bonds. The van der Waals surface area contributed by atoms with Gasteiger partial charge >= 0.3 is 0 Å². The Morgan fingerprint density at radius 3 is 2.62 bits per heavy atom. The first kappa shape index (κ1) is 25.7. The number of aliphatic imine (C=N–C) groups is 1. The first-order valence-corrected chi connectivity index (χ1v) is 10.9. The standard InChI is InChI=1S/C25H32N4O2.HI/c1-3-15-31-23-14-7-6-12-21(23)18-28-25(26-2)27-17-19-9-8-13-22(16-19)29-24(30)20-10-4-5-11-20;/h3,6-9,12-14,16,20H,1,4-5,10-11,15,17-18H2,2H3,(H,29,30)(H2,26,27,28);1H. The monoisotopic (exact) mass is 548 g/mol. The molecule has 32 heavy (non-hydrogen) atoms. The third-order valence-electron chi connectivity index (χ3n) is 5.38. The van der Waals surface area contributed by atoms with E-state index in [4.69, 9.17) is 4.74 Å². The lowest BCUT2D eigenvalue weighted by Crippen LogP contribution is -2.36. The van der Waals surface area contributed by atoms with Crippen molar-refractivity contribution in [2.45, 2.75) is 38.8 Å². The molecule has 3 rings (SSSR count). The average molecular weight is 548 g/mol. The van der Waals surface area contributed by atoms with Crippen molar-refractivity contribution in [2.24, 2.45) is 10.9 Å². The molecular weight excluding hydrogens is 515 g/mol. The molecule has 0 radical (unpaired) electrons. The number of anilines is 1. The zero-order chi connectivity index (χ0) is 21.9. The second-order valence-electron chi connectivity index (χ2n) is 7.66. The molecule has 0 unspecified atom stereocenters. The normalized spacial score (nSPS) is 13.7. The van der Waals surface area contributed by atoms with E-state index in [1.165, 1.54) is 0 Å². The topological polar surface area (TPSA) is 74.8 Å². The van der Waals surface area contributed by atoms with Crippen LogP contribution in [0.3, 0.4) is 0 Å². The maximum absolute atomic E-state index is 12.4. The van der Waals surface area contributed by atoms with Crippen LogP contribution in [-0.2, 0) is 17.9 Å². The van der Waals surface area contributed by atoms with Crippen molar-refractivity contribution < 1.29 is 9.53 Å². The lowest BCUT2D eigenvalue weighted by Gasteiger charge is -2.15. The predicted octanol–water partition coefficient (Wildman–Crippen LogP) is 4.86. The van der Waals surface area contributed by atoms with E-state index in [-0.39, 0.29) is 35.8 Å². The molecule has 1 aliphatic rings. The third kappa shape index (κ3) is 7.85. The number of ether oxygens (including phenoxy) is 1. The molecule has 3 N–H and O–H groups in total. The van der Waals surface area contributed by atoms with E-state index < -0.39 is 0 Å². The van der Waals surface area contributed by atoms with E-state index in [0.29, 0.717) is 25.7 Å². The molecule has 0 aliphatic heterocycles. The van der Waals surface area contributed by atoms with Crippen LogP contribution in [0.1, 0.15) is 36.8 Å². The minimum atomic E-state index is 0. The molecule has 1 aliphatic carbocycles. The van der Waals surface area contributed by atoms with E-state index in [2.05, 4.69) is 27.5 Å². The van der Waals surface area contributed by atoms with Gasteiger partial charge in [0.05, 0.1) is 0 Å². The van der Waals surface area contributed by atoms with Crippen LogP contribution in [0.2, 0.25) is 0 Å². The van der Waals surface area contributed by atoms with Crippen molar-refractivity contribution in [3.05, 3.63) is 72.3 Å². The van der Waals surface area contributed by atoms with Crippen molar-refractivity contribution in [3.63, 3.8) is 0 Å². The van der Waals surface area contributed by atoms with Gasteiger partial charge in [0, 0.05) is 37.3 Å². The van der Waals surface area contributed by atoms with E-state index in [1.807, 2.05) is 48.5 Å². The highest BCUT2D eigenvalue weighted by Crippen LogP contribution is 2.26. The van der Waals surface area contributed by atoms with Gasteiger partial charge in [-0.05, 0) is 36.6 Å². The zero-order valence-corrected chi connectivity index (χ0v) is 20.9. The fourth-order valence-electron chi connectivity index (χ4n) is 3.72. The van der Waals surface area contributed by atoms with Crippen LogP contribution in [0, 0.1) is 5.92 Å². The summed E-state index contributed by atoms with van der Waals surface area (Å²) in [5.74, 6) is 1.82. The van der Waals surface area contributed by atoms with Gasteiger partial charge < -0.3 is 20.7 Å². The zero-order valence-electron chi connectivity index (χ0n) is 18.6. The van der Waals surface area contributed by atoms with Crippen molar-refractivity contribution in [1.29, 1.82) is 0 Å². The Hall–Kier alpha value is -2.55. The maximum Gasteiger partial charge on any atom is 0.227 e. The lowest BCUT2D eigenvalue weighted by atomic mass is 10.1. The average Bonchev–Trinajstić information content (AvgIpc) is 3.34. The molecule has 2 aromatic carbocycles. The van der Waals surface area contributed by atoms with Gasteiger partial charge in [-0.1, -0.05) is 55.8 Å². The van der Waals surface area contributed by atoms with Crippen molar-refractivity contribution >= 4 is 41.5 Å². The van der Waals surface area contributed by atoms with Crippen LogP contribution in [0.25, 0.3) is 0 Å². The van der Waals surface area contributed by atoms with Gasteiger partial charge in [0.1, 0.15) is 12.4 Å². The molecule has 0 spiro atoms. The number of para-hydroxylation sites is 1. The summed E-state index contributed by atoms with van der Waals surface area (Å²) in [4.78, 5) is 16.7. The number of hydrogen-bond donors (Lipinski definition) is 3. The highest BCUT2D eigenvalue weighted by molar-refractivity contribution is 14.0. The number of hydrogen-bond acceptors (Lipinski definition) is 3. The summed E-state index contributed by atoms with van der Waals surface area (Å²) in [5, 5.41) is 9.71. The number of carbonyl (C=O) groups excluding carboxylic acids is 1. The van der Waals surface area contributed by atoms with Gasteiger partial charge in [-0.15, -0.1) is 24.0 Å². The Labute approximate surface area is 208 Å². The Morgan fingerprint density at radius 2 is 1.88 bits per heavy atom. The summed E-state index contributed by atoms with van der Waals surface area (Å²) in [7, 11) is 1.74. The largest absolute Gasteiger partial charge is 0.489 e. The Bertz CT molecular complexity index is 910. The summed E-state index contributed by atoms with van der Waals surface area (Å²) in [6.45, 7) is 5.35. The SMILES string of the molecule is C=CCOc1ccccc1CNC(=NC)NCc1cccc(NC(=O)C2CCCC2)c1.I. The van der Waals surface area contributed by atoms with E-state index in [1.54, 1.807) is 13.1 Å². The Balaban J connectivity index is 0.00000363. The molecule has 1 saturated carbocycles. The highest BCUT2D eigenvalue weighted by atomic mass is 127. The smallest absolute Gasteiger partial charge is 0.227 e. The Kier molecular flexibility index (Phi) is 11.1. The molecule has 0 saturated heterocycles. The molecular formula is C25H33IN4O2. The van der Waals surface area contributed by atoms with Crippen molar-refractivity contribution in [2.75, 3.05) is 19.0 Å². The summed E-state index contributed by atoms with van der Waals surface area (Å²) in [6, 6.07) is 15.8. The minimum absolute atomic E-state index is 0. The maximum atomic E-state index is 12.4. The fraction of sp³-hybridized carbons (Fsp3) is 0.360. The molecule has 0 bridgehead atoms. The predicted molar refractivity (Wildman–Crippen MR) is 142 cm³/mol. The minimum Gasteiger partial charge on any atom is -0.489 e. The van der Waals surface area contributed by atoms with Crippen LogP contribution >= 0.6 is 24.0 Å². The highest BCUT2D eigenvalue weighted by Gasteiger charge is 2.22. The number of guanidine groups is 1. The lowest BCUT2D eigenvalue weighted by molar-refractivity contribution is -0.119. The van der Waals surface area contributed by atoms with Gasteiger partial charge in [-0.3, -0.25) is 9.79 Å². The molecule has 0 atom stereocenters. The summed E-state index contributed by atoms with van der Waals surface area (Å²) in [6.07, 6.45) is 6.03. The number of amides is 1. The molecule has 172 valence electrons. The van der Waals surface area contributed by atoms with Crippen LogP contribution in [-0.4, -0.2) is 25.5 Å². The number of nitrogens with one attached hydrogen (secondary N) is 3. The van der Waals surface area contributed by atoms with E-state index in [9.17, 15) is 4.79 Å². The van der Waals surface area contributed by atoms with E-state index in [0.717, 1.165) is 48.2 Å². The summed E-state index contributed by atoms with van der Waals surface area (Å²) in [5.41, 5.74) is 2.96. The second-order valence-corrected chi connectivity index (χ2v) is 7.66. The second kappa shape index (κ2) is 13.8. The van der Waals surface area contributed by atoms with Gasteiger partial charge in [-0.25, -0.2) is 0 Å². The number of benzene rings is 2. The molecule has 0 aromatic heterocycles. The quantitative estimate of drug-likeness (QED) is 0.181. The Morgan fingerprint density at radius 1 is 1.12 bits per heavy atom. The molecule has 6 nitrogen and oxygen atoms in total. The molecule has 0 heterocycles. The first-order chi connectivity index (χ1) is 15.2. The summed E-state index contributed by atoms with van der Waals surface area (Å²) >= 11 is 0. The molecule has 1 fully saturated rings. The van der Waals surface area contributed by atoms with E-state index >= 15 is 0 Å². The van der Waals surface area contributed by atoms with Crippen LogP contribution in [0.15, 0.2) is 66.2 Å². The van der Waals surface area contributed by atoms with Gasteiger partial charge in [0.15, 0.2) is 5.96 Å². The fourth-order valence-corrected chi connectivity index (χ4v) is 3.72. The van der Waals surface area contributed by atoms with Crippen LogP contribution in [0.5, 0.6) is 5.75 Å².